The molecule has 0 atom stereocenters. The summed E-state index contributed by atoms with van der Waals surface area (Å²) in [5.41, 5.74) is -1.87. The number of carboxylic acids is 1. The first-order valence-corrected chi connectivity index (χ1v) is 4.43. The molecule has 6 heteroatoms. The Morgan fingerprint density at radius 1 is 1.33 bits per heavy atom. The molecule has 79 valence electrons. The molecule has 0 fully saturated rings. The molecule has 0 unspecified atom stereocenters. The van der Waals surface area contributed by atoms with E-state index >= 15 is 0 Å². The van der Waals surface area contributed by atoms with Crippen molar-refractivity contribution in [2.45, 2.75) is 38.9 Å². The van der Waals surface area contributed by atoms with Crippen LogP contribution in [-0.2, 0) is 10.0 Å². The summed E-state index contributed by atoms with van der Waals surface area (Å²) in [5, 5.41) is 23.5. The maximum Gasteiger partial charge on any atom is 1.00 e. The SMILES string of the molecule is C[N+]1=C(C(=O)[O-])C(C)(C)N([O])C1(C)C.[Na+]. The molecule has 1 aliphatic rings. The monoisotopic (exact) mass is 222 g/mol. The fourth-order valence-electron chi connectivity index (χ4n) is 1.99. The van der Waals surface area contributed by atoms with Crippen LogP contribution < -0.4 is 34.7 Å². The first kappa shape index (κ1) is 15.1. The Kier molecular flexibility index (Phi) is 4.16. The maximum absolute atomic E-state index is 11.8. The average molecular weight is 222 g/mol. The number of hydroxylamine groups is 2. The summed E-state index contributed by atoms with van der Waals surface area (Å²) in [6, 6.07) is 0. The molecule has 0 aromatic heterocycles. The van der Waals surface area contributed by atoms with Gasteiger partial charge in [-0.25, -0.2) is 4.58 Å². The van der Waals surface area contributed by atoms with Crippen LogP contribution in [0.4, 0.5) is 0 Å². The summed E-state index contributed by atoms with van der Waals surface area (Å²) in [6.07, 6.45) is 0. The second-order valence-electron chi connectivity index (χ2n) is 4.54. The number of hydrogen-bond acceptors (Lipinski definition) is 3. The Bertz CT molecular complexity index is 323. The summed E-state index contributed by atoms with van der Waals surface area (Å²) in [4.78, 5) is 10.9. The molecular weight excluding hydrogens is 207 g/mol. The van der Waals surface area contributed by atoms with Crippen LogP contribution in [-0.4, -0.2) is 39.6 Å². The molecule has 0 aliphatic carbocycles. The number of nitrogens with zero attached hydrogens (tertiary/aromatic N) is 2. The molecule has 0 saturated heterocycles. The van der Waals surface area contributed by atoms with Crippen molar-refractivity contribution in [3.05, 3.63) is 0 Å². The minimum absolute atomic E-state index is 0. The Labute approximate surface area is 112 Å². The van der Waals surface area contributed by atoms with Crippen LogP contribution in [0.2, 0.25) is 0 Å². The van der Waals surface area contributed by atoms with Crippen LogP contribution in [0.5, 0.6) is 0 Å². The largest absolute Gasteiger partial charge is 1.00 e. The number of hydrogen-bond donors (Lipinski definition) is 0. The molecule has 0 N–H and O–H groups in total. The third-order valence-corrected chi connectivity index (χ3v) is 2.93. The van der Waals surface area contributed by atoms with E-state index in [1.165, 1.54) is 4.58 Å². The number of rotatable bonds is 1. The van der Waals surface area contributed by atoms with Gasteiger partial charge in [0.1, 0.15) is 18.6 Å². The molecule has 1 aliphatic heterocycles. The van der Waals surface area contributed by atoms with Gasteiger partial charge in [-0.05, 0) is 13.8 Å². The van der Waals surface area contributed by atoms with Crippen molar-refractivity contribution in [3.8, 4) is 0 Å². The topological polar surface area (TPSA) is 66.3 Å². The van der Waals surface area contributed by atoms with E-state index in [0.717, 1.165) is 5.06 Å². The minimum atomic E-state index is -1.29. The van der Waals surface area contributed by atoms with Gasteiger partial charge in [0, 0.05) is 13.8 Å². The van der Waals surface area contributed by atoms with Gasteiger partial charge in [-0.15, -0.1) is 5.21 Å². The van der Waals surface area contributed by atoms with Crippen molar-refractivity contribution in [1.82, 2.24) is 5.06 Å². The van der Waals surface area contributed by atoms with E-state index in [1.54, 1.807) is 34.7 Å². The summed E-state index contributed by atoms with van der Waals surface area (Å²) < 4.78 is 1.45. The molecule has 0 aromatic carbocycles. The number of carbonyl (C=O) groups excluding carboxylic acids is 1. The number of aliphatic carboxylic acids is 1. The van der Waals surface area contributed by atoms with E-state index in [1.807, 2.05) is 0 Å². The first-order chi connectivity index (χ1) is 6.13. The molecule has 15 heavy (non-hydrogen) atoms. The van der Waals surface area contributed by atoms with Crippen molar-refractivity contribution < 1.29 is 49.2 Å². The molecule has 1 radical (unpaired) electrons. The zero-order chi connectivity index (χ0) is 11.3. The smallest absolute Gasteiger partial charge is 0.540 e. The van der Waals surface area contributed by atoms with Gasteiger partial charge in [-0.1, -0.05) is 5.06 Å². The van der Waals surface area contributed by atoms with Gasteiger partial charge >= 0.3 is 29.6 Å². The van der Waals surface area contributed by atoms with E-state index in [2.05, 4.69) is 0 Å². The van der Waals surface area contributed by atoms with E-state index in [4.69, 9.17) is 0 Å². The Morgan fingerprint density at radius 3 is 1.87 bits per heavy atom. The van der Waals surface area contributed by atoms with Crippen LogP contribution in [0.25, 0.3) is 0 Å². The molecule has 0 aromatic rings. The van der Waals surface area contributed by atoms with Crippen molar-refractivity contribution in [1.29, 1.82) is 0 Å². The zero-order valence-corrected chi connectivity index (χ0v) is 12.1. The Morgan fingerprint density at radius 2 is 1.73 bits per heavy atom. The van der Waals surface area contributed by atoms with Gasteiger partial charge in [0.15, 0.2) is 0 Å². The van der Waals surface area contributed by atoms with E-state index in [-0.39, 0.29) is 35.3 Å². The summed E-state index contributed by atoms with van der Waals surface area (Å²) in [5.74, 6) is -1.29. The molecular formula is C9H15N2NaO3+. The van der Waals surface area contributed by atoms with Crippen LogP contribution in [0.15, 0.2) is 0 Å². The molecule has 0 spiro atoms. The summed E-state index contributed by atoms with van der Waals surface area (Å²) in [7, 11) is 1.59. The van der Waals surface area contributed by atoms with E-state index in [9.17, 15) is 15.1 Å². The molecule has 0 amide bonds. The van der Waals surface area contributed by atoms with E-state index < -0.39 is 17.2 Å². The third-order valence-electron chi connectivity index (χ3n) is 2.93. The minimum Gasteiger partial charge on any atom is -0.540 e. The van der Waals surface area contributed by atoms with Crippen molar-refractivity contribution in [2.24, 2.45) is 0 Å². The third kappa shape index (κ3) is 1.99. The average Bonchev–Trinajstić information content (AvgIpc) is 2.10. The van der Waals surface area contributed by atoms with Crippen LogP contribution >= 0.6 is 0 Å². The molecule has 1 heterocycles. The predicted octanol–water partition coefficient (Wildman–Crippen LogP) is -4.00. The number of carbonyl (C=O) groups is 1. The Balaban J connectivity index is 0.00000196. The van der Waals surface area contributed by atoms with Gasteiger partial charge in [0.25, 0.3) is 0 Å². The van der Waals surface area contributed by atoms with Crippen LogP contribution in [0, 0.1) is 0 Å². The van der Waals surface area contributed by atoms with Gasteiger partial charge in [0.05, 0.1) is 0 Å². The molecule has 0 saturated carbocycles. The van der Waals surface area contributed by atoms with Gasteiger partial charge in [-0.2, -0.15) is 0 Å². The van der Waals surface area contributed by atoms with Crippen LogP contribution in [0.1, 0.15) is 27.7 Å². The van der Waals surface area contributed by atoms with Crippen molar-refractivity contribution >= 4 is 11.7 Å². The van der Waals surface area contributed by atoms with Crippen LogP contribution in [0.3, 0.4) is 0 Å². The molecule has 0 bridgehead atoms. The second kappa shape index (κ2) is 4.14. The fourth-order valence-corrected chi connectivity index (χ4v) is 1.99. The molecule has 1 rings (SSSR count). The summed E-state index contributed by atoms with van der Waals surface area (Å²) >= 11 is 0. The standard InChI is InChI=1S/C9H15N2O3.Na/c1-8(2)6(7(12)13)10(5)9(3,4)11(8)14;/h1-5H3;/q;+1. The van der Waals surface area contributed by atoms with Gasteiger partial charge in [-0.3, -0.25) is 0 Å². The quantitative estimate of drug-likeness (QED) is 0.335. The normalized spacial score (nSPS) is 23.9. The first-order valence-electron chi connectivity index (χ1n) is 4.43. The zero-order valence-electron chi connectivity index (χ0n) is 10.1. The summed E-state index contributed by atoms with van der Waals surface area (Å²) in [6.45, 7) is 6.52. The fraction of sp³-hybridized carbons (Fsp3) is 0.778. The molecule has 5 nitrogen and oxygen atoms in total. The number of carboxylic acid groups (broad SMARTS) is 1. The maximum atomic E-state index is 11.8. The van der Waals surface area contributed by atoms with Crippen molar-refractivity contribution in [3.63, 3.8) is 0 Å². The second-order valence-corrected chi connectivity index (χ2v) is 4.54. The van der Waals surface area contributed by atoms with E-state index in [0.29, 0.717) is 0 Å². The Hall–Kier alpha value is 0.0600. The van der Waals surface area contributed by atoms with Crippen molar-refractivity contribution in [2.75, 3.05) is 7.05 Å². The van der Waals surface area contributed by atoms with Gasteiger partial charge < -0.3 is 9.90 Å². The van der Waals surface area contributed by atoms with Gasteiger partial charge in [0.2, 0.25) is 11.4 Å². The predicted molar refractivity (Wildman–Crippen MR) is 46.9 cm³/mol.